The number of esters is 1. The topological polar surface area (TPSA) is 55.4 Å². The number of amides is 1. The van der Waals surface area contributed by atoms with Crippen LogP contribution in [-0.4, -0.2) is 25.0 Å². The number of ether oxygens (including phenoxy) is 1. The third-order valence-corrected chi connectivity index (χ3v) is 3.69. The van der Waals surface area contributed by atoms with Crippen LogP contribution in [-0.2, 0) is 9.53 Å². The molecule has 0 saturated carbocycles. The van der Waals surface area contributed by atoms with Gasteiger partial charge in [0.15, 0.2) is 6.61 Å². The summed E-state index contributed by atoms with van der Waals surface area (Å²) in [5, 5.41) is 2.89. The Bertz CT molecular complexity index is 721. The molecule has 0 bridgehead atoms. The van der Waals surface area contributed by atoms with E-state index in [9.17, 15) is 14.0 Å². The van der Waals surface area contributed by atoms with Crippen molar-refractivity contribution >= 4 is 23.5 Å². The molecular formula is C18H17ClFNO3. The van der Waals surface area contributed by atoms with Crippen LogP contribution in [0.2, 0.25) is 5.02 Å². The molecule has 2 rings (SSSR count). The zero-order chi connectivity index (χ0) is 17.5. The van der Waals surface area contributed by atoms with Crippen LogP contribution >= 0.6 is 11.6 Å². The van der Waals surface area contributed by atoms with Gasteiger partial charge in [-0.3, -0.25) is 4.79 Å². The van der Waals surface area contributed by atoms with Crippen molar-refractivity contribution in [3.05, 3.63) is 70.5 Å². The fourth-order valence-electron chi connectivity index (χ4n) is 2.08. The lowest BCUT2D eigenvalue weighted by molar-refractivity contribution is -0.124. The number of hydrogen-bond donors (Lipinski definition) is 1. The van der Waals surface area contributed by atoms with Gasteiger partial charge in [-0.15, -0.1) is 0 Å². The van der Waals surface area contributed by atoms with Crippen LogP contribution in [0.5, 0.6) is 0 Å². The average molecular weight is 350 g/mol. The summed E-state index contributed by atoms with van der Waals surface area (Å²) in [6.07, 6.45) is 0. The average Bonchev–Trinajstić information content (AvgIpc) is 2.60. The van der Waals surface area contributed by atoms with Gasteiger partial charge in [0, 0.05) is 11.6 Å². The quantitative estimate of drug-likeness (QED) is 0.811. The number of carbonyl (C=O) groups excluding carboxylic acids is 2. The molecule has 1 N–H and O–H groups in total. The summed E-state index contributed by atoms with van der Waals surface area (Å²) in [5.41, 5.74) is 0.795. The Morgan fingerprint density at radius 2 is 1.92 bits per heavy atom. The second-order valence-corrected chi connectivity index (χ2v) is 5.75. The highest BCUT2D eigenvalue weighted by Crippen LogP contribution is 2.16. The highest BCUT2D eigenvalue weighted by molar-refractivity contribution is 6.30. The van der Waals surface area contributed by atoms with Gasteiger partial charge in [-0.2, -0.15) is 0 Å². The van der Waals surface area contributed by atoms with E-state index in [0.29, 0.717) is 6.54 Å². The van der Waals surface area contributed by atoms with Crippen molar-refractivity contribution in [1.29, 1.82) is 0 Å². The second-order valence-electron chi connectivity index (χ2n) is 5.32. The Kier molecular flexibility index (Phi) is 6.32. The second kappa shape index (κ2) is 8.45. The fourth-order valence-corrected chi connectivity index (χ4v) is 2.25. The summed E-state index contributed by atoms with van der Waals surface area (Å²) in [5.74, 6) is -2.01. The largest absolute Gasteiger partial charge is 0.452 e. The predicted octanol–water partition coefficient (Wildman–Crippen LogP) is 3.56. The van der Waals surface area contributed by atoms with Gasteiger partial charge in [-0.05, 0) is 29.7 Å². The van der Waals surface area contributed by atoms with Crippen molar-refractivity contribution in [3.63, 3.8) is 0 Å². The zero-order valence-corrected chi connectivity index (χ0v) is 13.8. The summed E-state index contributed by atoms with van der Waals surface area (Å²) in [4.78, 5) is 23.5. The molecule has 24 heavy (non-hydrogen) atoms. The van der Waals surface area contributed by atoms with Crippen LogP contribution in [0.15, 0.2) is 48.5 Å². The van der Waals surface area contributed by atoms with E-state index in [1.807, 2.05) is 37.3 Å². The maximum absolute atomic E-state index is 13.5. The summed E-state index contributed by atoms with van der Waals surface area (Å²) >= 11 is 5.71. The molecular weight excluding hydrogens is 333 g/mol. The van der Waals surface area contributed by atoms with E-state index in [4.69, 9.17) is 16.3 Å². The first-order chi connectivity index (χ1) is 11.5. The SMILES string of the molecule is C[C@H](CNC(=O)COC(=O)c1cc(Cl)ccc1F)c1ccccc1. The summed E-state index contributed by atoms with van der Waals surface area (Å²) in [6, 6.07) is 13.3. The normalized spacial score (nSPS) is 11.6. The van der Waals surface area contributed by atoms with E-state index < -0.39 is 24.3 Å². The van der Waals surface area contributed by atoms with Gasteiger partial charge in [-0.25, -0.2) is 9.18 Å². The van der Waals surface area contributed by atoms with Crippen molar-refractivity contribution in [2.45, 2.75) is 12.8 Å². The van der Waals surface area contributed by atoms with Crippen LogP contribution in [0, 0.1) is 5.82 Å². The third-order valence-electron chi connectivity index (χ3n) is 3.46. The molecule has 1 atom stereocenters. The maximum atomic E-state index is 13.5. The molecule has 0 aliphatic carbocycles. The summed E-state index contributed by atoms with van der Waals surface area (Å²) < 4.78 is 18.3. The summed E-state index contributed by atoms with van der Waals surface area (Å²) in [6.45, 7) is 1.90. The Morgan fingerprint density at radius 3 is 2.62 bits per heavy atom. The van der Waals surface area contributed by atoms with Gasteiger partial charge < -0.3 is 10.1 Å². The van der Waals surface area contributed by atoms with E-state index in [0.717, 1.165) is 17.7 Å². The van der Waals surface area contributed by atoms with E-state index in [1.165, 1.54) is 6.07 Å². The van der Waals surface area contributed by atoms with Crippen LogP contribution < -0.4 is 5.32 Å². The van der Waals surface area contributed by atoms with E-state index in [2.05, 4.69) is 5.32 Å². The highest BCUT2D eigenvalue weighted by atomic mass is 35.5. The first-order valence-electron chi connectivity index (χ1n) is 7.41. The molecule has 2 aromatic rings. The number of rotatable bonds is 6. The molecule has 0 unspecified atom stereocenters. The van der Waals surface area contributed by atoms with Gasteiger partial charge >= 0.3 is 5.97 Å². The highest BCUT2D eigenvalue weighted by Gasteiger charge is 2.15. The van der Waals surface area contributed by atoms with Crippen LogP contribution in [0.4, 0.5) is 4.39 Å². The maximum Gasteiger partial charge on any atom is 0.341 e. The van der Waals surface area contributed by atoms with Gasteiger partial charge in [0.25, 0.3) is 5.91 Å². The van der Waals surface area contributed by atoms with Crippen LogP contribution in [0.25, 0.3) is 0 Å². The number of benzene rings is 2. The van der Waals surface area contributed by atoms with Gasteiger partial charge in [0.1, 0.15) is 5.82 Å². The monoisotopic (exact) mass is 349 g/mol. The lowest BCUT2D eigenvalue weighted by Gasteiger charge is -2.13. The minimum atomic E-state index is -0.929. The Labute approximate surface area is 144 Å². The predicted molar refractivity (Wildman–Crippen MR) is 89.6 cm³/mol. The number of hydrogen-bond acceptors (Lipinski definition) is 3. The molecule has 4 nitrogen and oxygen atoms in total. The number of carbonyl (C=O) groups is 2. The molecule has 2 aromatic carbocycles. The van der Waals surface area contributed by atoms with Gasteiger partial charge in [0.05, 0.1) is 5.56 Å². The van der Waals surface area contributed by atoms with Crippen LogP contribution in [0.3, 0.4) is 0 Å². The minimum Gasteiger partial charge on any atom is -0.452 e. The summed E-state index contributed by atoms with van der Waals surface area (Å²) in [7, 11) is 0. The molecule has 0 spiro atoms. The Balaban J connectivity index is 1.81. The van der Waals surface area contributed by atoms with Crippen LogP contribution in [0.1, 0.15) is 28.8 Å². The minimum absolute atomic E-state index is 0.122. The Hall–Kier alpha value is -2.40. The van der Waals surface area contributed by atoms with Crippen molar-refractivity contribution in [2.24, 2.45) is 0 Å². The number of nitrogens with one attached hydrogen (secondary N) is 1. The van der Waals surface area contributed by atoms with E-state index >= 15 is 0 Å². The zero-order valence-electron chi connectivity index (χ0n) is 13.1. The molecule has 6 heteroatoms. The van der Waals surface area contributed by atoms with Crippen molar-refractivity contribution in [3.8, 4) is 0 Å². The molecule has 0 radical (unpaired) electrons. The lowest BCUT2D eigenvalue weighted by atomic mass is 10.0. The fraction of sp³-hybridized carbons (Fsp3) is 0.222. The molecule has 0 aromatic heterocycles. The Morgan fingerprint density at radius 1 is 1.21 bits per heavy atom. The van der Waals surface area contributed by atoms with Crippen molar-refractivity contribution in [1.82, 2.24) is 5.32 Å². The first kappa shape index (κ1) is 17.9. The molecule has 1 amide bonds. The molecule has 0 saturated heterocycles. The lowest BCUT2D eigenvalue weighted by Crippen LogP contribution is -2.31. The molecule has 0 fully saturated rings. The molecule has 126 valence electrons. The van der Waals surface area contributed by atoms with Gasteiger partial charge in [0.2, 0.25) is 0 Å². The molecule has 0 heterocycles. The number of halogens is 2. The third kappa shape index (κ3) is 5.06. The van der Waals surface area contributed by atoms with Crippen molar-refractivity contribution < 1.29 is 18.7 Å². The van der Waals surface area contributed by atoms with Crippen molar-refractivity contribution in [2.75, 3.05) is 13.2 Å². The smallest absolute Gasteiger partial charge is 0.341 e. The standard InChI is InChI=1S/C18H17ClFNO3/c1-12(13-5-3-2-4-6-13)10-21-17(22)11-24-18(23)15-9-14(19)7-8-16(15)20/h2-9,12H,10-11H2,1H3,(H,21,22)/t12-/m1/s1. The van der Waals surface area contributed by atoms with E-state index in [-0.39, 0.29) is 16.5 Å². The van der Waals surface area contributed by atoms with Gasteiger partial charge in [-0.1, -0.05) is 48.9 Å². The van der Waals surface area contributed by atoms with E-state index in [1.54, 1.807) is 0 Å². The molecule has 0 aliphatic rings. The first-order valence-corrected chi connectivity index (χ1v) is 7.79. The molecule has 0 aliphatic heterocycles.